The van der Waals surface area contributed by atoms with E-state index in [0.29, 0.717) is 5.92 Å². The minimum Gasteiger partial charge on any atom is -0.400 e. The van der Waals surface area contributed by atoms with Crippen LogP contribution < -0.4 is 5.32 Å². The molecular formula is C19H30N4O. The van der Waals surface area contributed by atoms with Gasteiger partial charge in [-0.3, -0.25) is 0 Å². The van der Waals surface area contributed by atoms with Crippen LogP contribution in [0.25, 0.3) is 5.70 Å². The van der Waals surface area contributed by atoms with E-state index in [0.717, 1.165) is 49.5 Å². The maximum absolute atomic E-state index is 7.00. The smallest absolute Gasteiger partial charge is 0.111 e. The summed E-state index contributed by atoms with van der Waals surface area (Å²) in [5.74, 6) is 1.43. The van der Waals surface area contributed by atoms with Gasteiger partial charge in [0.15, 0.2) is 0 Å². The molecule has 1 aromatic rings. The molecule has 3 rings (SSSR count). The van der Waals surface area contributed by atoms with Crippen LogP contribution in [-0.4, -0.2) is 67.6 Å². The fourth-order valence-electron chi connectivity index (χ4n) is 3.20. The number of para-hydroxylation sites is 1. The van der Waals surface area contributed by atoms with E-state index in [1.54, 1.807) is 0 Å². The number of aliphatic hydroxyl groups excluding tert-OH is 1. The lowest BCUT2D eigenvalue weighted by atomic mass is 10.0. The molecule has 1 atom stereocenters. The molecule has 1 saturated heterocycles. The number of hydrogen-bond donors (Lipinski definition) is 2. The molecule has 5 heteroatoms. The molecule has 1 aromatic carbocycles. The van der Waals surface area contributed by atoms with Gasteiger partial charge < -0.3 is 20.2 Å². The average Bonchev–Trinajstić information content (AvgIpc) is 2.81. The monoisotopic (exact) mass is 330 g/mol. The van der Waals surface area contributed by atoms with Crippen molar-refractivity contribution < 1.29 is 5.11 Å². The first kappa shape index (κ1) is 18.6. The van der Waals surface area contributed by atoms with Gasteiger partial charge in [0.1, 0.15) is 5.84 Å². The summed E-state index contributed by atoms with van der Waals surface area (Å²) in [4.78, 5) is 9.78. The van der Waals surface area contributed by atoms with Gasteiger partial charge in [0.25, 0.3) is 0 Å². The van der Waals surface area contributed by atoms with Gasteiger partial charge in [0.2, 0.25) is 0 Å². The van der Waals surface area contributed by atoms with E-state index >= 15 is 0 Å². The van der Waals surface area contributed by atoms with Crippen molar-refractivity contribution in [2.45, 2.75) is 13.3 Å². The Balaban J connectivity index is 0.00000100. The summed E-state index contributed by atoms with van der Waals surface area (Å²) in [7, 11) is 3.21. The number of hydrogen-bond acceptors (Lipinski definition) is 5. The number of nitrogens with one attached hydrogen (secondary N) is 1. The number of aliphatic hydroxyl groups is 1. The standard InChI is InChI=1S/C18H26N4.CH4O/c1-14(13-22-10-6-9-21(3)11-12-22)18-19-15(2)16-7-4-5-8-17(16)20-18;1-2/h4-5,7-8,14H,2,6,9-13H2,1,3H3,(H,19,20);2H,1H3. The SMILES string of the molecule is C=C1NC(C(C)CN2CCCN(C)CC2)=Nc2ccccc21.CO. The van der Waals surface area contributed by atoms with Gasteiger partial charge in [-0.1, -0.05) is 31.7 Å². The van der Waals surface area contributed by atoms with Crippen LogP contribution in [0.2, 0.25) is 0 Å². The van der Waals surface area contributed by atoms with Crippen molar-refractivity contribution in [2.75, 3.05) is 46.9 Å². The van der Waals surface area contributed by atoms with Crippen LogP contribution in [0.15, 0.2) is 35.8 Å². The van der Waals surface area contributed by atoms with E-state index in [2.05, 4.69) is 47.8 Å². The molecule has 24 heavy (non-hydrogen) atoms. The van der Waals surface area contributed by atoms with Crippen LogP contribution in [0.3, 0.4) is 0 Å². The third kappa shape index (κ3) is 4.66. The van der Waals surface area contributed by atoms with Gasteiger partial charge in [0.05, 0.1) is 5.69 Å². The van der Waals surface area contributed by atoms with Crippen molar-refractivity contribution >= 4 is 17.2 Å². The highest BCUT2D eigenvalue weighted by Gasteiger charge is 2.21. The second-order valence-electron chi connectivity index (χ2n) is 6.48. The van der Waals surface area contributed by atoms with E-state index in [1.165, 1.54) is 19.5 Å². The Morgan fingerprint density at radius 1 is 1.21 bits per heavy atom. The minimum absolute atomic E-state index is 0.383. The highest BCUT2D eigenvalue weighted by molar-refractivity contribution is 5.98. The first-order valence-electron chi connectivity index (χ1n) is 8.63. The number of benzene rings is 1. The molecule has 5 nitrogen and oxygen atoms in total. The summed E-state index contributed by atoms with van der Waals surface area (Å²) in [6.07, 6.45) is 1.25. The molecule has 0 aromatic heterocycles. The quantitative estimate of drug-likeness (QED) is 0.892. The first-order chi connectivity index (χ1) is 11.6. The lowest BCUT2D eigenvalue weighted by Crippen LogP contribution is -2.39. The Morgan fingerprint density at radius 3 is 2.75 bits per heavy atom. The molecule has 0 radical (unpaired) electrons. The average molecular weight is 330 g/mol. The van der Waals surface area contributed by atoms with Gasteiger partial charge in [-0.15, -0.1) is 0 Å². The molecule has 2 heterocycles. The van der Waals surface area contributed by atoms with E-state index in [-0.39, 0.29) is 0 Å². The van der Waals surface area contributed by atoms with E-state index in [9.17, 15) is 0 Å². The molecule has 1 fully saturated rings. The molecule has 0 spiro atoms. The molecule has 0 aliphatic carbocycles. The van der Waals surface area contributed by atoms with Crippen LogP contribution in [0.4, 0.5) is 5.69 Å². The highest BCUT2D eigenvalue weighted by atomic mass is 16.2. The maximum atomic E-state index is 7.00. The first-order valence-corrected chi connectivity index (χ1v) is 8.63. The minimum atomic E-state index is 0.383. The number of aliphatic imine (C=N–C) groups is 1. The van der Waals surface area contributed by atoms with E-state index < -0.39 is 0 Å². The summed E-state index contributed by atoms with van der Waals surface area (Å²) < 4.78 is 0. The fourth-order valence-corrected chi connectivity index (χ4v) is 3.20. The van der Waals surface area contributed by atoms with Gasteiger partial charge in [-0.2, -0.15) is 0 Å². The number of rotatable bonds is 3. The number of likely N-dealkylation sites (N-methyl/N-ethyl adjacent to an activating group) is 1. The zero-order valence-electron chi connectivity index (χ0n) is 15.1. The van der Waals surface area contributed by atoms with Gasteiger partial charge in [-0.25, -0.2) is 4.99 Å². The van der Waals surface area contributed by atoms with E-state index in [4.69, 9.17) is 10.1 Å². The molecule has 0 amide bonds. The van der Waals surface area contributed by atoms with Crippen molar-refractivity contribution in [3.8, 4) is 0 Å². The third-order valence-electron chi connectivity index (χ3n) is 4.56. The summed E-state index contributed by atoms with van der Waals surface area (Å²) in [5, 5.41) is 10.4. The predicted molar refractivity (Wildman–Crippen MR) is 102 cm³/mol. The lowest BCUT2D eigenvalue weighted by molar-refractivity contribution is 0.262. The van der Waals surface area contributed by atoms with Gasteiger partial charge in [-0.05, 0) is 32.6 Å². The zero-order chi connectivity index (χ0) is 17.5. The zero-order valence-corrected chi connectivity index (χ0v) is 15.1. The van der Waals surface area contributed by atoms with Crippen LogP contribution in [0.1, 0.15) is 18.9 Å². The Hall–Kier alpha value is -1.69. The summed E-state index contributed by atoms with van der Waals surface area (Å²) in [5.41, 5.74) is 3.10. The number of fused-ring (bicyclic) bond motifs is 1. The molecule has 2 N–H and O–H groups in total. The van der Waals surface area contributed by atoms with Crippen molar-refractivity contribution in [3.05, 3.63) is 36.4 Å². The topological polar surface area (TPSA) is 51.1 Å². The van der Waals surface area contributed by atoms with Gasteiger partial charge in [0, 0.05) is 43.9 Å². The highest BCUT2D eigenvalue weighted by Crippen LogP contribution is 2.28. The third-order valence-corrected chi connectivity index (χ3v) is 4.56. The Bertz CT molecular complexity index is 584. The molecule has 0 bridgehead atoms. The lowest BCUT2D eigenvalue weighted by Gasteiger charge is -2.28. The summed E-state index contributed by atoms with van der Waals surface area (Å²) in [6.45, 7) is 12.1. The van der Waals surface area contributed by atoms with Crippen LogP contribution in [0.5, 0.6) is 0 Å². The van der Waals surface area contributed by atoms with Crippen LogP contribution in [0, 0.1) is 5.92 Å². The molecule has 0 saturated carbocycles. The Kier molecular flexibility index (Phi) is 6.97. The Morgan fingerprint density at radius 2 is 1.96 bits per heavy atom. The van der Waals surface area contributed by atoms with Crippen LogP contribution in [-0.2, 0) is 0 Å². The molecule has 132 valence electrons. The second-order valence-corrected chi connectivity index (χ2v) is 6.48. The normalized spacial score (nSPS) is 20.0. The number of nitrogens with zero attached hydrogens (tertiary/aromatic N) is 3. The molecule has 2 aliphatic rings. The number of amidine groups is 1. The predicted octanol–water partition coefficient (Wildman–Crippen LogP) is 2.17. The van der Waals surface area contributed by atoms with Crippen molar-refractivity contribution in [3.63, 3.8) is 0 Å². The van der Waals surface area contributed by atoms with Crippen molar-refractivity contribution in [1.29, 1.82) is 0 Å². The summed E-state index contributed by atoms with van der Waals surface area (Å²) in [6, 6.07) is 8.20. The summed E-state index contributed by atoms with van der Waals surface area (Å²) >= 11 is 0. The molecule has 2 aliphatic heterocycles. The van der Waals surface area contributed by atoms with Crippen molar-refractivity contribution in [2.24, 2.45) is 10.9 Å². The van der Waals surface area contributed by atoms with Gasteiger partial charge >= 0.3 is 0 Å². The van der Waals surface area contributed by atoms with E-state index in [1.807, 2.05) is 12.1 Å². The second kappa shape index (κ2) is 8.97. The Labute approximate surface area is 145 Å². The fraction of sp³-hybridized carbons (Fsp3) is 0.526. The molecule has 1 unspecified atom stereocenters. The maximum Gasteiger partial charge on any atom is 0.111 e. The largest absolute Gasteiger partial charge is 0.400 e. The molecular weight excluding hydrogens is 300 g/mol. The van der Waals surface area contributed by atoms with Crippen molar-refractivity contribution in [1.82, 2.24) is 15.1 Å². The van der Waals surface area contributed by atoms with Crippen LogP contribution >= 0.6 is 0 Å².